The number of carboxylic acid groups (broad SMARTS) is 1. The molecule has 0 amide bonds. The van der Waals surface area contributed by atoms with Crippen LogP contribution < -0.4 is 14.2 Å². The molecule has 0 unspecified atom stereocenters. The molecule has 1 N–H and O–H groups in total. The quantitative estimate of drug-likeness (QED) is 0.400. The van der Waals surface area contributed by atoms with Crippen LogP contribution in [0, 0.1) is 5.92 Å². The third-order valence-electron chi connectivity index (χ3n) is 7.42. The zero-order valence-electron chi connectivity index (χ0n) is 22.3. The minimum Gasteiger partial charge on any atom is -0.497 e. The number of carbonyl (C=O) groups is 1. The Morgan fingerprint density at radius 3 is 2.42 bits per heavy atom. The van der Waals surface area contributed by atoms with Gasteiger partial charge in [0, 0.05) is 38.1 Å². The van der Waals surface area contributed by atoms with Crippen LogP contribution in [0.4, 0.5) is 0 Å². The highest BCUT2D eigenvalue weighted by Gasteiger charge is 2.47. The molecule has 0 aromatic heterocycles. The largest absolute Gasteiger partial charge is 0.497 e. The second kappa shape index (κ2) is 12.4. The zero-order chi connectivity index (χ0) is 27.3. The van der Waals surface area contributed by atoms with Gasteiger partial charge in [-0.05, 0) is 48.2 Å². The van der Waals surface area contributed by atoms with E-state index in [2.05, 4.69) is 4.90 Å². The van der Waals surface area contributed by atoms with Gasteiger partial charge < -0.3 is 19.3 Å². The van der Waals surface area contributed by atoms with Crippen molar-refractivity contribution >= 4 is 16.0 Å². The first kappa shape index (κ1) is 28.2. The lowest BCUT2D eigenvalue weighted by atomic mass is 9.82. The van der Waals surface area contributed by atoms with E-state index in [1.807, 2.05) is 56.3 Å². The fraction of sp³-hybridized carbons (Fsp3) is 0.536. The van der Waals surface area contributed by atoms with Crippen molar-refractivity contribution < 1.29 is 32.5 Å². The molecular formula is C28H38N2O7S. The molecule has 0 aliphatic carbocycles. The number of sulfonamides is 1. The first-order valence-electron chi connectivity index (χ1n) is 13.3. The maximum absolute atomic E-state index is 13.0. The van der Waals surface area contributed by atoms with Gasteiger partial charge in [-0.2, -0.15) is 0 Å². The number of likely N-dealkylation sites (tertiary alicyclic amines) is 1. The molecule has 9 nitrogen and oxygen atoms in total. The molecule has 0 spiro atoms. The van der Waals surface area contributed by atoms with Gasteiger partial charge in [0.05, 0.1) is 18.8 Å². The predicted octanol–water partition coefficient (Wildman–Crippen LogP) is 4.11. The molecule has 2 aliphatic heterocycles. The molecule has 0 bridgehead atoms. The number of nitrogens with zero attached hydrogens (tertiary/aromatic N) is 2. The number of ether oxygens (including phenoxy) is 3. The van der Waals surface area contributed by atoms with Gasteiger partial charge in [-0.1, -0.05) is 38.5 Å². The fourth-order valence-electron chi connectivity index (χ4n) is 5.49. The summed E-state index contributed by atoms with van der Waals surface area (Å²) in [6, 6.07) is 12.6. The van der Waals surface area contributed by atoms with Gasteiger partial charge in [0.25, 0.3) is 0 Å². The number of carboxylic acids is 1. The Bertz CT molecular complexity index is 1200. The van der Waals surface area contributed by atoms with Crippen molar-refractivity contribution in [3.63, 3.8) is 0 Å². The second-order valence-electron chi connectivity index (χ2n) is 9.86. The van der Waals surface area contributed by atoms with Gasteiger partial charge in [0.15, 0.2) is 11.5 Å². The van der Waals surface area contributed by atoms with Crippen molar-refractivity contribution in [1.82, 2.24) is 9.21 Å². The highest BCUT2D eigenvalue weighted by Crippen LogP contribution is 2.47. The molecule has 0 saturated carbocycles. The molecular weight excluding hydrogens is 508 g/mol. The number of hydrogen-bond acceptors (Lipinski definition) is 7. The molecule has 38 heavy (non-hydrogen) atoms. The number of methoxy groups -OCH3 is 1. The molecule has 4 rings (SSSR count). The number of hydrogen-bond donors (Lipinski definition) is 1. The topological polar surface area (TPSA) is 106 Å². The molecule has 208 valence electrons. The summed E-state index contributed by atoms with van der Waals surface area (Å²) in [6.07, 6.45) is 2.22. The van der Waals surface area contributed by atoms with Gasteiger partial charge in [0.1, 0.15) is 5.75 Å². The van der Waals surface area contributed by atoms with E-state index < -0.39 is 28.0 Å². The maximum Gasteiger partial charge on any atom is 0.309 e. The highest BCUT2D eigenvalue weighted by molar-refractivity contribution is 7.89. The third-order valence-corrected chi connectivity index (χ3v) is 9.49. The van der Waals surface area contributed by atoms with Crippen LogP contribution in [0.1, 0.15) is 56.2 Å². The molecule has 2 aromatic carbocycles. The smallest absolute Gasteiger partial charge is 0.309 e. The molecule has 1 fully saturated rings. The first-order chi connectivity index (χ1) is 18.3. The SMILES string of the molecule is CCCCN(CCN1C[C@H](c2ccc3c(c2)OCO3)[C@@H](C(=O)O)[C@@H]1c1ccc(OC)cc1)S(=O)(=O)CCC. The van der Waals surface area contributed by atoms with Gasteiger partial charge in [-0.15, -0.1) is 0 Å². The molecule has 2 aromatic rings. The van der Waals surface area contributed by atoms with Crippen LogP contribution in [-0.2, 0) is 14.8 Å². The molecule has 1 saturated heterocycles. The number of rotatable bonds is 13. The lowest BCUT2D eigenvalue weighted by Crippen LogP contribution is -2.40. The van der Waals surface area contributed by atoms with Crippen LogP contribution in [0.3, 0.4) is 0 Å². The van der Waals surface area contributed by atoms with Crippen molar-refractivity contribution in [2.24, 2.45) is 5.92 Å². The zero-order valence-corrected chi connectivity index (χ0v) is 23.2. The van der Waals surface area contributed by atoms with E-state index in [0.29, 0.717) is 49.8 Å². The van der Waals surface area contributed by atoms with Gasteiger partial charge in [-0.25, -0.2) is 12.7 Å². The summed E-state index contributed by atoms with van der Waals surface area (Å²) in [7, 11) is -1.79. The van der Waals surface area contributed by atoms with Gasteiger partial charge in [-0.3, -0.25) is 9.69 Å². The summed E-state index contributed by atoms with van der Waals surface area (Å²) in [5.41, 5.74) is 1.72. The standard InChI is InChI=1S/C28H38N2O7S/c1-4-6-13-30(38(33,34)16-5-2)15-14-29-18-23(21-9-12-24-25(17-21)37-19-36-24)26(28(31)32)27(29)20-7-10-22(35-3)11-8-20/h7-12,17,23,26-27H,4-6,13-16,18-19H2,1-3H3,(H,31,32)/t23-,26-,27+/m1/s1. The average Bonchev–Trinajstić information content (AvgIpc) is 3.53. The van der Waals surface area contributed by atoms with E-state index >= 15 is 0 Å². The van der Waals surface area contributed by atoms with Crippen molar-refractivity contribution in [3.8, 4) is 17.2 Å². The minimum absolute atomic E-state index is 0.107. The number of unbranched alkanes of at least 4 members (excludes halogenated alkanes) is 1. The van der Waals surface area contributed by atoms with Crippen molar-refractivity contribution in [3.05, 3.63) is 53.6 Å². The predicted molar refractivity (Wildman–Crippen MR) is 144 cm³/mol. The van der Waals surface area contributed by atoms with Crippen LogP contribution in [0.25, 0.3) is 0 Å². The Hall–Kier alpha value is -2.82. The number of aliphatic carboxylic acids is 1. The van der Waals surface area contributed by atoms with E-state index in [9.17, 15) is 18.3 Å². The van der Waals surface area contributed by atoms with Crippen molar-refractivity contribution in [2.45, 2.75) is 45.1 Å². The van der Waals surface area contributed by atoms with E-state index in [0.717, 1.165) is 24.0 Å². The second-order valence-corrected chi connectivity index (χ2v) is 12.0. The van der Waals surface area contributed by atoms with Crippen LogP contribution in [0.15, 0.2) is 42.5 Å². The molecule has 2 aliphatic rings. The van der Waals surface area contributed by atoms with Crippen LogP contribution >= 0.6 is 0 Å². The minimum atomic E-state index is -3.39. The summed E-state index contributed by atoms with van der Waals surface area (Å²) >= 11 is 0. The fourth-order valence-corrected chi connectivity index (χ4v) is 7.03. The number of benzene rings is 2. The van der Waals surface area contributed by atoms with E-state index in [1.165, 1.54) is 0 Å². The van der Waals surface area contributed by atoms with Crippen molar-refractivity contribution in [1.29, 1.82) is 0 Å². The summed E-state index contributed by atoms with van der Waals surface area (Å²) in [5.74, 6) is 0.116. The molecule has 3 atom stereocenters. The average molecular weight is 547 g/mol. The van der Waals surface area contributed by atoms with Crippen molar-refractivity contribution in [2.75, 3.05) is 45.8 Å². The van der Waals surface area contributed by atoms with Crippen LogP contribution in [0.2, 0.25) is 0 Å². The highest BCUT2D eigenvalue weighted by atomic mass is 32.2. The lowest BCUT2D eigenvalue weighted by molar-refractivity contribution is -0.143. The van der Waals surface area contributed by atoms with E-state index in [4.69, 9.17) is 14.2 Å². The van der Waals surface area contributed by atoms with E-state index in [-0.39, 0.29) is 18.5 Å². The molecule has 10 heteroatoms. The number of fused-ring (bicyclic) bond motifs is 1. The Balaban J connectivity index is 1.67. The summed E-state index contributed by atoms with van der Waals surface area (Å²) in [6.45, 7) is 5.73. The summed E-state index contributed by atoms with van der Waals surface area (Å²) < 4.78 is 43.9. The third kappa shape index (κ3) is 6.08. The molecule has 2 heterocycles. The summed E-state index contributed by atoms with van der Waals surface area (Å²) in [4.78, 5) is 14.9. The Morgan fingerprint density at radius 1 is 1.05 bits per heavy atom. The van der Waals surface area contributed by atoms with Crippen LogP contribution in [-0.4, -0.2) is 74.5 Å². The Kier molecular flexibility index (Phi) is 9.17. The van der Waals surface area contributed by atoms with E-state index in [1.54, 1.807) is 11.4 Å². The lowest BCUT2D eigenvalue weighted by Gasteiger charge is -2.30. The maximum atomic E-state index is 13.0. The van der Waals surface area contributed by atoms with Crippen LogP contribution in [0.5, 0.6) is 17.2 Å². The Labute approximate surface area is 225 Å². The molecule has 0 radical (unpaired) electrons. The normalized spacial score (nSPS) is 21.2. The first-order valence-corrected chi connectivity index (χ1v) is 14.9. The Morgan fingerprint density at radius 2 is 1.76 bits per heavy atom. The van der Waals surface area contributed by atoms with Gasteiger partial charge >= 0.3 is 5.97 Å². The van der Waals surface area contributed by atoms with Gasteiger partial charge in [0.2, 0.25) is 16.8 Å². The monoisotopic (exact) mass is 546 g/mol. The summed E-state index contributed by atoms with van der Waals surface area (Å²) in [5, 5.41) is 10.5.